The Morgan fingerprint density at radius 2 is 1.70 bits per heavy atom. The molecule has 2 rings (SSSR count). The zero-order valence-electron chi connectivity index (χ0n) is 11.8. The minimum atomic E-state index is -3.61. The van der Waals surface area contributed by atoms with E-state index in [1.165, 1.54) is 0 Å². The van der Waals surface area contributed by atoms with E-state index in [0.29, 0.717) is 34.1 Å². The smallest absolute Gasteiger partial charge is 0.309 e. The van der Waals surface area contributed by atoms with Crippen LogP contribution >= 0.6 is 0 Å². The van der Waals surface area contributed by atoms with Crippen LogP contribution in [-0.2, 0) is 10.1 Å². The van der Waals surface area contributed by atoms with Crippen molar-refractivity contribution in [3.8, 4) is 11.5 Å². The van der Waals surface area contributed by atoms with Crippen molar-refractivity contribution in [2.24, 2.45) is 0 Å². The van der Waals surface area contributed by atoms with Crippen molar-refractivity contribution in [2.75, 3.05) is 5.75 Å². The van der Waals surface area contributed by atoms with Gasteiger partial charge < -0.3 is 9.29 Å². The van der Waals surface area contributed by atoms with E-state index < -0.39 is 10.1 Å². The van der Waals surface area contributed by atoms with Gasteiger partial charge >= 0.3 is 10.1 Å². The lowest BCUT2D eigenvalue weighted by molar-refractivity contribution is 0.470. The summed E-state index contributed by atoms with van der Waals surface area (Å²) < 4.78 is 29.1. The molecule has 2 aromatic carbocycles. The minimum Gasteiger partial charge on any atom is -0.507 e. The Balaban J connectivity index is 2.70. The Labute approximate surface area is 119 Å². The third-order valence-corrected chi connectivity index (χ3v) is 4.68. The molecule has 0 aliphatic carbocycles. The fraction of sp³-hybridized carbons (Fsp3) is 0.333. The van der Waals surface area contributed by atoms with Gasteiger partial charge in [0.2, 0.25) is 0 Å². The number of phenols is 1. The average Bonchev–Trinajstić information content (AvgIpc) is 2.41. The Kier molecular flexibility index (Phi) is 3.90. The molecule has 0 aromatic heterocycles. The van der Waals surface area contributed by atoms with Gasteiger partial charge in [-0.1, -0.05) is 31.2 Å². The molecule has 5 heteroatoms. The van der Waals surface area contributed by atoms with Crippen LogP contribution in [0.15, 0.2) is 24.3 Å². The molecule has 0 radical (unpaired) electrons. The summed E-state index contributed by atoms with van der Waals surface area (Å²) in [6, 6.07) is 7.08. The lowest BCUT2D eigenvalue weighted by Gasteiger charge is -2.15. The lowest BCUT2D eigenvalue weighted by atomic mass is 10.00. The zero-order valence-corrected chi connectivity index (χ0v) is 12.6. The van der Waals surface area contributed by atoms with Gasteiger partial charge in [-0.05, 0) is 25.8 Å². The molecule has 0 saturated carbocycles. The molecule has 0 amide bonds. The van der Waals surface area contributed by atoms with Crippen LogP contribution in [0.4, 0.5) is 0 Å². The second-order valence-electron chi connectivity index (χ2n) is 4.82. The molecule has 20 heavy (non-hydrogen) atoms. The molecule has 108 valence electrons. The van der Waals surface area contributed by atoms with Crippen LogP contribution in [0.1, 0.15) is 24.5 Å². The molecule has 4 nitrogen and oxygen atoms in total. The van der Waals surface area contributed by atoms with Gasteiger partial charge in [0.1, 0.15) is 5.75 Å². The summed E-state index contributed by atoms with van der Waals surface area (Å²) in [6.45, 7) is 5.28. The highest BCUT2D eigenvalue weighted by atomic mass is 32.2. The maximum absolute atomic E-state index is 11.9. The van der Waals surface area contributed by atoms with Gasteiger partial charge in [0.25, 0.3) is 0 Å². The molecule has 0 bridgehead atoms. The van der Waals surface area contributed by atoms with Gasteiger partial charge in [-0.2, -0.15) is 8.42 Å². The molecule has 0 fully saturated rings. The number of hydrogen-bond acceptors (Lipinski definition) is 4. The van der Waals surface area contributed by atoms with E-state index in [1.807, 2.05) is 0 Å². The molecule has 0 atom stereocenters. The molecule has 0 unspecified atom stereocenters. The van der Waals surface area contributed by atoms with Gasteiger partial charge in [-0.15, -0.1) is 0 Å². The largest absolute Gasteiger partial charge is 0.507 e. The summed E-state index contributed by atoms with van der Waals surface area (Å²) in [7, 11) is -3.61. The molecular formula is C15H18O4S. The molecule has 1 N–H and O–H groups in total. The van der Waals surface area contributed by atoms with Crippen molar-refractivity contribution < 1.29 is 17.7 Å². The topological polar surface area (TPSA) is 63.6 Å². The third kappa shape index (κ3) is 2.58. The summed E-state index contributed by atoms with van der Waals surface area (Å²) in [4.78, 5) is 0. The Morgan fingerprint density at radius 1 is 1.10 bits per heavy atom. The number of hydrogen-bond donors (Lipinski definition) is 1. The van der Waals surface area contributed by atoms with Crippen molar-refractivity contribution in [3.63, 3.8) is 0 Å². The van der Waals surface area contributed by atoms with Crippen molar-refractivity contribution in [1.29, 1.82) is 0 Å². The van der Waals surface area contributed by atoms with Crippen LogP contribution in [-0.4, -0.2) is 19.3 Å². The monoisotopic (exact) mass is 294 g/mol. The first-order valence-corrected chi connectivity index (χ1v) is 8.08. The van der Waals surface area contributed by atoms with Crippen LogP contribution in [0, 0.1) is 13.8 Å². The van der Waals surface area contributed by atoms with Crippen molar-refractivity contribution in [3.05, 3.63) is 35.4 Å². The number of phenolic OH excluding ortho intramolecular Hbond substituents is 1. The van der Waals surface area contributed by atoms with Crippen LogP contribution in [0.2, 0.25) is 0 Å². The molecular weight excluding hydrogens is 276 g/mol. The second-order valence-corrected chi connectivity index (χ2v) is 6.51. The van der Waals surface area contributed by atoms with E-state index in [-0.39, 0.29) is 11.5 Å². The summed E-state index contributed by atoms with van der Waals surface area (Å²) in [5.74, 6) is 0.448. The van der Waals surface area contributed by atoms with Gasteiger partial charge in [-0.25, -0.2) is 0 Å². The van der Waals surface area contributed by atoms with Crippen molar-refractivity contribution in [2.45, 2.75) is 27.2 Å². The number of rotatable bonds is 4. The Morgan fingerprint density at radius 3 is 2.30 bits per heavy atom. The van der Waals surface area contributed by atoms with Gasteiger partial charge in [0.05, 0.1) is 5.75 Å². The average molecular weight is 294 g/mol. The maximum Gasteiger partial charge on any atom is 0.309 e. The van der Waals surface area contributed by atoms with Gasteiger partial charge in [0.15, 0.2) is 5.75 Å². The molecule has 2 aromatic rings. The summed E-state index contributed by atoms with van der Waals surface area (Å²) in [5.41, 5.74) is 1.27. The first-order valence-electron chi connectivity index (χ1n) is 6.50. The fourth-order valence-corrected chi connectivity index (χ4v) is 3.22. The second kappa shape index (κ2) is 5.32. The summed E-state index contributed by atoms with van der Waals surface area (Å²) >= 11 is 0. The molecule has 0 spiro atoms. The summed E-state index contributed by atoms with van der Waals surface area (Å²) in [5, 5.41) is 11.4. The Bertz CT molecular complexity index is 748. The predicted molar refractivity (Wildman–Crippen MR) is 79.8 cm³/mol. The van der Waals surface area contributed by atoms with E-state index in [9.17, 15) is 13.5 Å². The Hall–Kier alpha value is -1.75. The predicted octanol–water partition coefficient (Wildman–Crippen LogP) is 3.28. The quantitative estimate of drug-likeness (QED) is 0.879. The fourth-order valence-electron chi connectivity index (χ4n) is 2.17. The molecule has 0 aliphatic rings. The zero-order chi connectivity index (χ0) is 14.9. The highest BCUT2D eigenvalue weighted by Crippen LogP contribution is 2.39. The van der Waals surface area contributed by atoms with Crippen molar-refractivity contribution >= 4 is 20.9 Å². The summed E-state index contributed by atoms with van der Waals surface area (Å²) in [6.07, 6.45) is 0.496. The molecule has 0 aliphatic heterocycles. The van der Waals surface area contributed by atoms with Crippen LogP contribution < -0.4 is 4.18 Å². The van der Waals surface area contributed by atoms with Gasteiger partial charge in [-0.3, -0.25) is 0 Å². The normalized spacial score (nSPS) is 11.8. The SMILES string of the molecule is CCCS(=O)(=O)Oc1c(C)c(C)c(O)c2ccccc12. The number of benzene rings is 2. The van der Waals surface area contributed by atoms with Gasteiger partial charge in [0, 0.05) is 16.3 Å². The van der Waals surface area contributed by atoms with Crippen LogP contribution in [0.3, 0.4) is 0 Å². The van der Waals surface area contributed by atoms with Crippen molar-refractivity contribution in [1.82, 2.24) is 0 Å². The van der Waals surface area contributed by atoms with E-state index in [2.05, 4.69) is 0 Å². The number of fused-ring (bicyclic) bond motifs is 1. The van der Waals surface area contributed by atoms with E-state index in [1.54, 1.807) is 45.0 Å². The van der Waals surface area contributed by atoms with Crippen LogP contribution in [0.5, 0.6) is 11.5 Å². The minimum absolute atomic E-state index is 0.0271. The molecule has 0 saturated heterocycles. The first-order chi connectivity index (χ1) is 9.37. The van der Waals surface area contributed by atoms with E-state index >= 15 is 0 Å². The van der Waals surface area contributed by atoms with E-state index in [4.69, 9.17) is 4.18 Å². The third-order valence-electron chi connectivity index (χ3n) is 3.35. The highest BCUT2D eigenvalue weighted by molar-refractivity contribution is 7.87. The lowest BCUT2D eigenvalue weighted by Crippen LogP contribution is -2.14. The first kappa shape index (κ1) is 14.7. The number of aromatic hydroxyl groups is 1. The highest BCUT2D eigenvalue weighted by Gasteiger charge is 2.19. The van der Waals surface area contributed by atoms with E-state index in [0.717, 1.165) is 0 Å². The molecule has 0 heterocycles. The maximum atomic E-state index is 11.9. The standard InChI is InChI=1S/C15H18O4S/c1-4-9-20(17,18)19-15-11(3)10(2)14(16)12-7-5-6-8-13(12)15/h5-8,16H,4,9H2,1-3H3. The van der Waals surface area contributed by atoms with Crippen LogP contribution in [0.25, 0.3) is 10.8 Å².